The van der Waals surface area contributed by atoms with E-state index in [0.29, 0.717) is 0 Å². The highest BCUT2D eigenvalue weighted by atomic mass is 32.1. The number of aliphatic hydroxyl groups is 1. The third-order valence-electron chi connectivity index (χ3n) is 2.33. The van der Waals surface area contributed by atoms with Crippen LogP contribution in [0, 0.1) is 0 Å². The Kier molecular flexibility index (Phi) is 2.78. The SMILES string of the molecule is CC(=O)C1=C(O)CC(c2cccs2)OC1=O. The predicted molar refractivity (Wildman–Crippen MR) is 58.1 cm³/mol. The van der Waals surface area contributed by atoms with Crippen LogP contribution in [0.5, 0.6) is 0 Å². The summed E-state index contributed by atoms with van der Waals surface area (Å²) in [4.78, 5) is 23.5. The van der Waals surface area contributed by atoms with Crippen LogP contribution in [0.3, 0.4) is 0 Å². The molecule has 1 aliphatic heterocycles. The predicted octanol–water partition coefficient (Wildman–Crippen LogP) is 2.14. The van der Waals surface area contributed by atoms with Gasteiger partial charge in [-0.3, -0.25) is 4.79 Å². The van der Waals surface area contributed by atoms with Gasteiger partial charge in [-0.25, -0.2) is 4.79 Å². The van der Waals surface area contributed by atoms with Crippen LogP contribution in [0.2, 0.25) is 0 Å². The van der Waals surface area contributed by atoms with E-state index in [1.54, 1.807) is 0 Å². The number of carbonyl (C=O) groups is 2. The molecule has 0 spiro atoms. The lowest BCUT2D eigenvalue weighted by atomic mass is 10.0. The third kappa shape index (κ3) is 1.86. The molecule has 16 heavy (non-hydrogen) atoms. The quantitative estimate of drug-likeness (QED) is 0.633. The van der Waals surface area contributed by atoms with Crippen LogP contribution in [0.1, 0.15) is 24.3 Å². The van der Waals surface area contributed by atoms with Crippen molar-refractivity contribution in [3.05, 3.63) is 33.7 Å². The fourth-order valence-electron chi connectivity index (χ4n) is 1.61. The van der Waals surface area contributed by atoms with Gasteiger partial charge in [0.1, 0.15) is 17.4 Å². The number of rotatable bonds is 2. The molecule has 0 fully saturated rings. The molecular weight excluding hydrogens is 228 g/mol. The standard InChI is InChI=1S/C11H10O4S/c1-6(12)10-7(13)5-8(15-11(10)14)9-3-2-4-16-9/h2-4,8,13H,5H2,1H3. The number of hydrogen-bond donors (Lipinski definition) is 1. The minimum absolute atomic E-state index is 0.168. The first-order chi connectivity index (χ1) is 7.59. The summed E-state index contributed by atoms with van der Waals surface area (Å²) in [5.74, 6) is -1.39. The number of ketones is 1. The van der Waals surface area contributed by atoms with Gasteiger partial charge < -0.3 is 9.84 Å². The summed E-state index contributed by atoms with van der Waals surface area (Å²) < 4.78 is 5.11. The fourth-order valence-corrected chi connectivity index (χ4v) is 2.36. The number of Topliss-reactive ketones (excluding diaryl/α,β-unsaturated/α-hetero) is 1. The average Bonchev–Trinajstić information content (AvgIpc) is 2.67. The van der Waals surface area contributed by atoms with Gasteiger partial charge >= 0.3 is 5.97 Å². The Balaban J connectivity index is 2.29. The van der Waals surface area contributed by atoms with Crippen molar-refractivity contribution in [2.75, 3.05) is 0 Å². The maximum absolute atomic E-state index is 11.5. The first-order valence-electron chi connectivity index (χ1n) is 4.77. The third-order valence-corrected chi connectivity index (χ3v) is 3.30. The highest BCUT2D eigenvalue weighted by molar-refractivity contribution is 7.10. The summed E-state index contributed by atoms with van der Waals surface area (Å²) in [5.41, 5.74) is -0.229. The number of hydrogen-bond acceptors (Lipinski definition) is 5. The zero-order chi connectivity index (χ0) is 11.7. The Morgan fingerprint density at radius 3 is 2.88 bits per heavy atom. The van der Waals surface area contributed by atoms with Gasteiger partial charge in [-0.2, -0.15) is 0 Å². The second-order valence-electron chi connectivity index (χ2n) is 3.49. The minimum Gasteiger partial charge on any atom is -0.511 e. The van der Waals surface area contributed by atoms with Crippen LogP contribution in [0.4, 0.5) is 0 Å². The second-order valence-corrected chi connectivity index (χ2v) is 4.47. The summed E-state index contributed by atoms with van der Waals surface area (Å²) >= 11 is 1.45. The highest BCUT2D eigenvalue weighted by Crippen LogP contribution is 2.33. The number of thiophene rings is 1. The lowest BCUT2D eigenvalue weighted by Gasteiger charge is -2.22. The van der Waals surface area contributed by atoms with Crippen molar-refractivity contribution < 1.29 is 19.4 Å². The van der Waals surface area contributed by atoms with Crippen LogP contribution in [0.15, 0.2) is 28.8 Å². The number of cyclic esters (lactones) is 1. The van der Waals surface area contributed by atoms with Crippen molar-refractivity contribution >= 4 is 23.1 Å². The monoisotopic (exact) mass is 238 g/mol. The summed E-state index contributed by atoms with van der Waals surface area (Å²) in [6.45, 7) is 1.23. The molecule has 0 radical (unpaired) electrons. The van der Waals surface area contributed by atoms with Gasteiger partial charge in [0.25, 0.3) is 0 Å². The molecule has 0 aliphatic carbocycles. The molecule has 1 aromatic rings. The summed E-state index contributed by atoms with van der Waals surface area (Å²) in [6, 6.07) is 3.67. The van der Waals surface area contributed by atoms with Gasteiger partial charge in [-0.15, -0.1) is 11.3 Å². The van der Waals surface area contributed by atoms with Crippen LogP contribution in [-0.2, 0) is 14.3 Å². The van der Waals surface area contributed by atoms with Crippen LogP contribution in [-0.4, -0.2) is 16.9 Å². The molecule has 0 bridgehead atoms. The smallest absolute Gasteiger partial charge is 0.345 e. The summed E-state index contributed by atoms with van der Waals surface area (Å²) in [6.07, 6.45) is -0.308. The van der Waals surface area contributed by atoms with Crippen molar-refractivity contribution in [2.24, 2.45) is 0 Å². The molecule has 0 saturated carbocycles. The van der Waals surface area contributed by atoms with Crippen LogP contribution < -0.4 is 0 Å². The van der Waals surface area contributed by atoms with E-state index in [-0.39, 0.29) is 17.8 Å². The van der Waals surface area contributed by atoms with Crippen molar-refractivity contribution in [1.82, 2.24) is 0 Å². The minimum atomic E-state index is -0.741. The van der Waals surface area contributed by atoms with Crippen molar-refractivity contribution in [3.63, 3.8) is 0 Å². The van der Waals surface area contributed by atoms with Crippen molar-refractivity contribution in [1.29, 1.82) is 0 Å². The Hall–Kier alpha value is -1.62. The zero-order valence-electron chi connectivity index (χ0n) is 8.60. The molecule has 5 heteroatoms. The van der Waals surface area contributed by atoms with Gasteiger partial charge in [0.05, 0.1) is 0 Å². The number of carbonyl (C=O) groups excluding carboxylic acids is 2. The van der Waals surface area contributed by atoms with Crippen LogP contribution >= 0.6 is 11.3 Å². The van der Waals surface area contributed by atoms with E-state index < -0.39 is 17.9 Å². The maximum atomic E-state index is 11.5. The van der Waals surface area contributed by atoms with E-state index in [0.717, 1.165) is 4.88 Å². The normalized spacial score (nSPS) is 20.8. The molecule has 4 nitrogen and oxygen atoms in total. The van der Waals surface area contributed by atoms with E-state index in [2.05, 4.69) is 0 Å². The first kappa shape index (κ1) is 10.9. The summed E-state index contributed by atoms with van der Waals surface area (Å²) in [7, 11) is 0. The molecule has 84 valence electrons. The van der Waals surface area contributed by atoms with E-state index in [4.69, 9.17) is 4.74 Å². The molecule has 1 N–H and O–H groups in total. The van der Waals surface area contributed by atoms with Crippen molar-refractivity contribution in [3.8, 4) is 0 Å². The lowest BCUT2D eigenvalue weighted by Crippen LogP contribution is -2.24. The second kappa shape index (κ2) is 4.09. The fraction of sp³-hybridized carbons (Fsp3) is 0.273. The Labute approximate surface area is 96.2 Å². The molecule has 0 aromatic carbocycles. The topological polar surface area (TPSA) is 63.6 Å². The largest absolute Gasteiger partial charge is 0.511 e. The number of ether oxygens (including phenoxy) is 1. The lowest BCUT2D eigenvalue weighted by molar-refractivity contribution is -0.148. The van der Waals surface area contributed by atoms with E-state index >= 15 is 0 Å². The Morgan fingerprint density at radius 1 is 1.62 bits per heavy atom. The van der Waals surface area contributed by atoms with Gasteiger partial charge in [0.2, 0.25) is 0 Å². The molecule has 1 atom stereocenters. The molecule has 1 aromatic heterocycles. The first-order valence-corrected chi connectivity index (χ1v) is 5.65. The molecule has 0 saturated heterocycles. The molecule has 0 amide bonds. The molecule has 1 aliphatic rings. The zero-order valence-corrected chi connectivity index (χ0v) is 9.41. The maximum Gasteiger partial charge on any atom is 0.345 e. The molecular formula is C11H10O4S. The molecule has 1 unspecified atom stereocenters. The van der Waals surface area contributed by atoms with E-state index in [9.17, 15) is 14.7 Å². The van der Waals surface area contributed by atoms with Crippen molar-refractivity contribution in [2.45, 2.75) is 19.4 Å². The number of aliphatic hydroxyl groups excluding tert-OH is 1. The van der Waals surface area contributed by atoms with Gasteiger partial charge in [0.15, 0.2) is 5.78 Å². The molecule has 2 rings (SSSR count). The van der Waals surface area contributed by atoms with Crippen LogP contribution in [0.25, 0.3) is 0 Å². The molecule has 2 heterocycles. The van der Waals surface area contributed by atoms with Gasteiger partial charge in [0, 0.05) is 11.3 Å². The van der Waals surface area contributed by atoms with Gasteiger partial charge in [-0.1, -0.05) is 6.07 Å². The highest BCUT2D eigenvalue weighted by Gasteiger charge is 2.32. The van der Waals surface area contributed by atoms with E-state index in [1.165, 1.54) is 18.3 Å². The summed E-state index contributed by atoms with van der Waals surface area (Å²) in [5, 5.41) is 11.5. The van der Waals surface area contributed by atoms with Gasteiger partial charge in [-0.05, 0) is 18.4 Å². The van der Waals surface area contributed by atoms with E-state index in [1.807, 2.05) is 17.5 Å². The average molecular weight is 238 g/mol. The Bertz CT molecular complexity index is 458. The number of esters is 1. The Morgan fingerprint density at radius 2 is 2.38 bits per heavy atom.